The first-order chi connectivity index (χ1) is 10.1. The Labute approximate surface area is 126 Å². The summed E-state index contributed by atoms with van der Waals surface area (Å²) < 4.78 is 10.3. The first-order valence-electron chi connectivity index (χ1n) is 6.29. The Hall–Kier alpha value is -2.33. The van der Waals surface area contributed by atoms with Gasteiger partial charge in [0.15, 0.2) is 5.78 Å². The standard InChI is InChI=1S/C16H11ClO4/c1-20-11-6-7-12-13(8-11)21-16(19)14(15(12)18)9-2-4-10(17)5-3-9/h2-8,14H,1H3. The lowest BCUT2D eigenvalue weighted by atomic mass is 9.88. The minimum atomic E-state index is -0.955. The SMILES string of the molecule is COc1ccc2c(c1)OC(=O)C(c1ccc(Cl)cc1)C2=O. The average molecular weight is 303 g/mol. The number of esters is 1. The minimum Gasteiger partial charge on any atom is -0.497 e. The van der Waals surface area contributed by atoms with Gasteiger partial charge in [0, 0.05) is 11.1 Å². The van der Waals surface area contributed by atoms with Gasteiger partial charge in [0.25, 0.3) is 0 Å². The molecule has 0 aromatic heterocycles. The smallest absolute Gasteiger partial charge is 0.326 e. The summed E-state index contributed by atoms with van der Waals surface area (Å²) in [4.78, 5) is 24.7. The molecule has 1 unspecified atom stereocenters. The summed E-state index contributed by atoms with van der Waals surface area (Å²) in [5, 5.41) is 0.542. The molecule has 21 heavy (non-hydrogen) atoms. The van der Waals surface area contributed by atoms with E-state index in [0.717, 1.165) is 0 Å². The third kappa shape index (κ3) is 2.38. The molecule has 106 valence electrons. The Bertz CT molecular complexity index is 722. The molecule has 0 fully saturated rings. The number of carbonyl (C=O) groups excluding carboxylic acids is 2. The van der Waals surface area contributed by atoms with Gasteiger partial charge >= 0.3 is 5.97 Å². The number of Topliss-reactive ketones (excluding diaryl/α,β-unsaturated/α-hetero) is 1. The van der Waals surface area contributed by atoms with E-state index in [9.17, 15) is 9.59 Å². The molecule has 0 N–H and O–H groups in total. The highest BCUT2D eigenvalue weighted by Gasteiger charge is 2.37. The molecule has 1 heterocycles. The normalized spacial score (nSPS) is 17.1. The van der Waals surface area contributed by atoms with Gasteiger partial charge in [-0.25, -0.2) is 0 Å². The van der Waals surface area contributed by atoms with Crippen LogP contribution in [0.3, 0.4) is 0 Å². The van der Waals surface area contributed by atoms with Gasteiger partial charge < -0.3 is 9.47 Å². The van der Waals surface area contributed by atoms with Crippen molar-refractivity contribution in [3.63, 3.8) is 0 Å². The number of ether oxygens (including phenoxy) is 2. The Morgan fingerprint density at radius 2 is 1.81 bits per heavy atom. The maximum Gasteiger partial charge on any atom is 0.326 e. The van der Waals surface area contributed by atoms with Crippen LogP contribution in [-0.4, -0.2) is 18.9 Å². The maximum atomic E-state index is 12.5. The van der Waals surface area contributed by atoms with E-state index in [0.29, 0.717) is 21.9 Å². The van der Waals surface area contributed by atoms with Crippen LogP contribution in [0.4, 0.5) is 0 Å². The van der Waals surface area contributed by atoms with Gasteiger partial charge in [-0.2, -0.15) is 0 Å². The summed E-state index contributed by atoms with van der Waals surface area (Å²) >= 11 is 5.82. The van der Waals surface area contributed by atoms with E-state index in [-0.39, 0.29) is 11.5 Å². The first kappa shape index (κ1) is 13.6. The second kappa shape index (κ2) is 5.22. The molecule has 0 spiro atoms. The van der Waals surface area contributed by atoms with Gasteiger partial charge in [-0.3, -0.25) is 9.59 Å². The number of benzene rings is 2. The van der Waals surface area contributed by atoms with E-state index in [1.807, 2.05) is 0 Å². The van der Waals surface area contributed by atoms with Crippen LogP contribution < -0.4 is 9.47 Å². The highest BCUT2D eigenvalue weighted by molar-refractivity contribution is 6.30. The van der Waals surface area contributed by atoms with Crippen LogP contribution in [0.5, 0.6) is 11.5 Å². The number of carbonyl (C=O) groups is 2. The van der Waals surface area contributed by atoms with Gasteiger partial charge in [-0.1, -0.05) is 23.7 Å². The molecule has 2 aromatic carbocycles. The van der Waals surface area contributed by atoms with Gasteiger partial charge in [-0.05, 0) is 29.8 Å². The van der Waals surface area contributed by atoms with Crippen molar-refractivity contribution in [2.45, 2.75) is 5.92 Å². The minimum absolute atomic E-state index is 0.231. The molecule has 4 nitrogen and oxygen atoms in total. The number of ketones is 1. The number of rotatable bonds is 2. The molecule has 0 bridgehead atoms. The molecular weight excluding hydrogens is 292 g/mol. The number of halogens is 1. The number of hydrogen-bond acceptors (Lipinski definition) is 4. The first-order valence-corrected chi connectivity index (χ1v) is 6.67. The lowest BCUT2D eigenvalue weighted by molar-refractivity contribution is -0.135. The largest absolute Gasteiger partial charge is 0.497 e. The topological polar surface area (TPSA) is 52.6 Å². The van der Waals surface area contributed by atoms with Crippen molar-refractivity contribution < 1.29 is 19.1 Å². The van der Waals surface area contributed by atoms with Crippen molar-refractivity contribution in [2.24, 2.45) is 0 Å². The Morgan fingerprint density at radius 1 is 1.10 bits per heavy atom. The van der Waals surface area contributed by atoms with E-state index < -0.39 is 11.9 Å². The Balaban J connectivity index is 2.03. The molecule has 0 saturated heterocycles. The highest BCUT2D eigenvalue weighted by atomic mass is 35.5. The maximum absolute atomic E-state index is 12.5. The average Bonchev–Trinajstić information content (AvgIpc) is 2.48. The summed E-state index contributed by atoms with van der Waals surface area (Å²) in [6.07, 6.45) is 0. The number of hydrogen-bond donors (Lipinski definition) is 0. The Kier molecular flexibility index (Phi) is 3.39. The molecule has 2 aromatic rings. The van der Waals surface area contributed by atoms with Gasteiger partial charge in [0.05, 0.1) is 12.7 Å². The second-order valence-corrected chi connectivity index (χ2v) is 5.07. The highest BCUT2D eigenvalue weighted by Crippen LogP contribution is 2.35. The van der Waals surface area contributed by atoms with Crippen molar-refractivity contribution in [3.05, 3.63) is 58.6 Å². The summed E-state index contributed by atoms with van der Waals surface area (Å²) in [5.74, 6) is -1.08. The van der Waals surface area contributed by atoms with Gasteiger partial charge in [0.2, 0.25) is 0 Å². The van der Waals surface area contributed by atoms with Crippen molar-refractivity contribution in [1.29, 1.82) is 0 Å². The van der Waals surface area contributed by atoms with Gasteiger partial charge in [-0.15, -0.1) is 0 Å². The fourth-order valence-electron chi connectivity index (χ4n) is 2.29. The quantitative estimate of drug-likeness (QED) is 0.485. The zero-order chi connectivity index (χ0) is 15.0. The molecule has 0 radical (unpaired) electrons. The lowest BCUT2D eigenvalue weighted by Gasteiger charge is -2.22. The fraction of sp³-hybridized carbons (Fsp3) is 0.125. The van der Waals surface area contributed by atoms with E-state index >= 15 is 0 Å². The summed E-state index contributed by atoms with van der Waals surface area (Å²) in [6.45, 7) is 0. The molecule has 1 atom stereocenters. The van der Waals surface area contributed by atoms with Crippen LogP contribution in [0.15, 0.2) is 42.5 Å². The zero-order valence-corrected chi connectivity index (χ0v) is 11.9. The van der Waals surface area contributed by atoms with Crippen LogP contribution in [0.1, 0.15) is 21.8 Å². The van der Waals surface area contributed by atoms with Crippen LogP contribution in [0.2, 0.25) is 5.02 Å². The molecule has 3 rings (SSSR count). The van der Waals surface area contributed by atoms with Crippen molar-refractivity contribution in [1.82, 2.24) is 0 Å². The van der Waals surface area contributed by atoms with Crippen LogP contribution in [0.25, 0.3) is 0 Å². The van der Waals surface area contributed by atoms with E-state index in [2.05, 4.69) is 0 Å². The third-order valence-electron chi connectivity index (χ3n) is 3.37. The van der Waals surface area contributed by atoms with Crippen LogP contribution >= 0.6 is 11.6 Å². The number of fused-ring (bicyclic) bond motifs is 1. The molecule has 1 aliphatic heterocycles. The summed E-state index contributed by atoms with van der Waals surface area (Å²) in [7, 11) is 1.50. The molecule has 0 amide bonds. The van der Waals surface area contributed by atoms with Crippen LogP contribution in [0, 0.1) is 0 Å². The third-order valence-corrected chi connectivity index (χ3v) is 3.62. The second-order valence-electron chi connectivity index (χ2n) is 4.63. The van der Waals surface area contributed by atoms with E-state index in [1.165, 1.54) is 13.2 Å². The lowest BCUT2D eigenvalue weighted by Crippen LogP contribution is -2.31. The van der Waals surface area contributed by atoms with Crippen molar-refractivity contribution in [2.75, 3.05) is 7.11 Å². The monoisotopic (exact) mass is 302 g/mol. The molecule has 1 aliphatic rings. The summed E-state index contributed by atoms with van der Waals surface area (Å²) in [6, 6.07) is 11.4. The predicted octanol–water partition coefficient (Wildman–Crippen LogP) is 3.23. The van der Waals surface area contributed by atoms with Crippen molar-refractivity contribution in [3.8, 4) is 11.5 Å². The number of methoxy groups -OCH3 is 1. The fourth-order valence-corrected chi connectivity index (χ4v) is 2.42. The zero-order valence-electron chi connectivity index (χ0n) is 11.1. The predicted molar refractivity (Wildman–Crippen MR) is 77.2 cm³/mol. The molecule has 5 heteroatoms. The van der Waals surface area contributed by atoms with Crippen LogP contribution in [-0.2, 0) is 4.79 Å². The summed E-state index contributed by atoms with van der Waals surface area (Å²) in [5.41, 5.74) is 0.936. The van der Waals surface area contributed by atoms with E-state index in [4.69, 9.17) is 21.1 Å². The van der Waals surface area contributed by atoms with E-state index in [1.54, 1.807) is 36.4 Å². The Morgan fingerprint density at radius 3 is 2.48 bits per heavy atom. The van der Waals surface area contributed by atoms with Crippen molar-refractivity contribution >= 4 is 23.4 Å². The molecule has 0 saturated carbocycles. The van der Waals surface area contributed by atoms with Gasteiger partial charge in [0.1, 0.15) is 17.4 Å². The molecule has 0 aliphatic carbocycles. The molecular formula is C16H11ClO4.